The van der Waals surface area contributed by atoms with Crippen LogP contribution in [0.5, 0.6) is 0 Å². The lowest BCUT2D eigenvalue weighted by atomic mass is 10.1. The average Bonchev–Trinajstić information content (AvgIpc) is 2.47. The number of carboxylic acid groups (broad SMARTS) is 1. The van der Waals surface area contributed by atoms with Gasteiger partial charge in [-0.25, -0.2) is 9.59 Å². The summed E-state index contributed by atoms with van der Waals surface area (Å²) in [7, 11) is 0. The average molecular weight is 294 g/mol. The third kappa shape index (κ3) is 11.7. The molecule has 0 saturated heterocycles. The SMILES string of the molecule is C=CCCCCCCCCC.O=C(O)c1ccc(=O)oc1. The molecule has 0 amide bonds. The molecule has 0 spiro atoms. The van der Waals surface area contributed by atoms with Crippen molar-refractivity contribution in [2.45, 2.75) is 58.3 Å². The molecule has 0 aliphatic carbocycles. The second-order valence-corrected chi connectivity index (χ2v) is 4.85. The number of hydrogen-bond donors (Lipinski definition) is 1. The Balaban J connectivity index is 0.000000382. The fourth-order valence-corrected chi connectivity index (χ4v) is 1.73. The molecule has 4 nitrogen and oxygen atoms in total. The molecule has 1 heterocycles. The van der Waals surface area contributed by atoms with Gasteiger partial charge in [0.2, 0.25) is 0 Å². The fourth-order valence-electron chi connectivity index (χ4n) is 1.73. The zero-order valence-electron chi connectivity index (χ0n) is 12.8. The molecule has 0 radical (unpaired) electrons. The van der Waals surface area contributed by atoms with Gasteiger partial charge in [0.05, 0.1) is 5.56 Å². The van der Waals surface area contributed by atoms with E-state index in [1.807, 2.05) is 6.08 Å². The van der Waals surface area contributed by atoms with Crippen molar-refractivity contribution >= 4 is 5.97 Å². The first-order chi connectivity index (χ1) is 10.1. The first-order valence-electron chi connectivity index (χ1n) is 7.54. The molecule has 0 aliphatic heterocycles. The Morgan fingerprint density at radius 2 is 1.81 bits per heavy atom. The van der Waals surface area contributed by atoms with E-state index in [4.69, 9.17) is 5.11 Å². The Morgan fingerprint density at radius 3 is 2.29 bits per heavy atom. The Bertz CT molecular complexity index is 428. The van der Waals surface area contributed by atoms with Crippen molar-refractivity contribution in [3.05, 3.63) is 47.0 Å². The first-order valence-corrected chi connectivity index (χ1v) is 7.54. The minimum Gasteiger partial charge on any atom is -0.478 e. The number of aromatic carboxylic acids is 1. The molecule has 0 fully saturated rings. The molecule has 0 saturated carbocycles. The number of carboxylic acids is 1. The van der Waals surface area contributed by atoms with Gasteiger partial charge in [-0.3, -0.25) is 0 Å². The minimum absolute atomic E-state index is 0.0281. The van der Waals surface area contributed by atoms with Crippen LogP contribution in [0.4, 0.5) is 0 Å². The summed E-state index contributed by atoms with van der Waals surface area (Å²) >= 11 is 0. The van der Waals surface area contributed by atoms with E-state index >= 15 is 0 Å². The van der Waals surface area contributed by atoms with Crippen molar-refractivity contribution in [1.82, 2.24) is 0 Å². The van der Waals surface area contributed by atoms with Crippen molar-refractivity contribution in [2.24, 2.45) is 0 Å². The number of rotatable bonds is 9. The highest BCUT2D eigenvalue weighted by Crippen LogP contribution is 2.07. The van der Waals surface area contributed by atoms with Crippen LogP contribution in [0.1, 0.15) is 68.6 Å². The fraction of sp³-hybridized carbons (Fsp3) is 0.529. The zero-order valence-corrected chi connectivity index (χ0v) is 12.8. The lowest BCUT2D eigenvalue weighted by Gasteiger charge is -1.98. The minimum atomic E-state index is -1.11. The Labute approximate surface area is 126 Å². The van der Waals surface area contributed by atoms with Crippen LogP contribution in [0.25, 0.3) is 0 Å². The maximum Gasteiger partial charge on any atom is 0.338 e. The van der Waals surface area contributed by atoms with Gasteiger partial charge in [0.15, 0.2) is 0 Å². The van der Waals surface area contributed by atoms with Crippen LogP contribution in [-0.4, -0.2) is 11.1 Å². The molecular formula is C17H26O4. The number of unbranched alkanes of at least 4 members (excludes halogenated alkanes) is 7. The lowest BCUT2D eigenvalue weighted by Crippen LogP contribution is -2.00. The summed E-state index contributed by atoms with van der Waals surface area (Å²) in [5.74, 6) is -1.11. The van der Waals surface area contributed by atoms with Gasteiger partial charge < -0.3 is 9.52 Å². The van der Waals surface area contributed by atoms with Gasteiger partial charge in [-0.15, -0.1) is 6.58 Å². The van der Waals surface area contributed by atoms with Crippen molar-refractivity contribution in [1.29, 1.82) is 0 Å². The number of carbonyl (C=O) groups is 1. The van der Waals surface area contributed by atoms with E-state index in [9.17, 15) is 9.59 Å². The highest BCUT2D eigenvalue weighted by Gasteiger charge is 2.00. The van der Waals surface area contributed by atoms with Gasteiger partial charge in [0.1, 0.15) is 6.26 Å². The standard InChI is InChI=1S/C11H22.C6H4O4/c1-3-5-7-9-11-10-8-6-4-2;7-5-2-1-4(3-10-5)6(8)9/h3H,1,4-11H2,2H3;1-3H,(H,8,9). The maximum absolute atomic E-state index is 10.3. The summed E-state index contributed by atoms with van der Waals surface area (Å²) in [4.78, 5) is 20.4. The van der Waals surface area contributed by atoms with Gasteiger partial charge in [0, 0.05) is 6.07 Å². The van der Waals surface area contributed by atoms with E-state index in [2.05, 4.69) is 17.9 Å². The monoisotopic (exact) mass is 294 g/mol. The summed E-state index contributed by atoms with van der Waals surface area (Å²) in [5.41, 5.74) is -0.579. The van der Waals surface area contributed by atoms with Crippen LogP contribution in [0.15, 0.2) is 40.3 Å². The predicted molar refractivity (Wildman–Crippen MR) is 84.7 cm³/mol. The summed E-state index contributed by atoms with van der Waals surface area (Å²) < 4.78 is 4.28. The highest BCUT2D eigenvalue weighted by atomic mass is 16.4. The quantitative estimate of drug-likeness (QED) is 0.531. The molecule has 0 bridgehead atoms. The molecule has 21 heavy (non-hydrogen) atoms. The van der Waals surface area contributed by atoms with E-state index in [-0.39, 0.29) is 5.56 Å². The zero-order chi connectivity index (χ0) is 15.9. The maximum atomic E-state index is 10.3. The van der Waals surface area contributed by atoms with Crippen LogP contribution >= 0.6 is 0 Å². The first kappa shape index (κ1) is 19.2. The molecule has 1 aromatic rings. The van der Waals surface area contributed by atoms with Crippen LogP contribution in [0.2, 0.25) is 0 Å². The lowest BCUT2D eigenvalue weighted by molar-refractivity contribution is 0.0694. The van der Waals surface area contributed by atoms with Gasteiger partial charge in [-0.1, -0.05) is 51.5 Å². The van der Waals surface area contributed by atoms with Crippen LogP contribution in [-0.2, 0) is 0 Å². The van der Waals surface area contributed by atoms with Crippen LogP contribution < -0.4 is 5.63 Å². The topological polar surface area (TPSA) is 67.5 Å². The Morgan fingerprint density at radius 1 is 1.19 bits per heavy atom. The van der Waals surface area contributed by atoms with Crippen molar-refractivity contribution in [3.8, 4) is 0 Å². The van der Waals surface area contributed by atoms with E-state index in [0.29, 0.717) is 0 Å². The van der Waals surface area contributed by atoms with Gasteiger partial charge in [-0.2, -0.15) is 0 Å². The summed E-state index contributed by atoms with van der Waals surface area (Å²) in [5, 5.41) is 8.31. The molecule has 4 heteroatoms. The summed E-state index contributed by atoms with van der Waals surface area (Å²) in [6.45, 7) is 5.97. The predicted octanol–water partition coefficient (Wildman–Crippen LogP) is 4.65. The number of allylic oxidation sites excluding steroid dienone is 1. The molecule has 1 N–H and O–H groups in total. The van der Waals surface area contributed by atoms with Gasteiger partial charge >= 0.3 is 11.6 Å². The molecule has 1 aromatic heterocycles. The molecule has 0 atom stereocenters. The van der Waals surface area contributed by atoms with Crippen LogP contribution in [0, 0.1) is 0 Å². The Hall–Kier alpha value is -1.84. The van der Waals surface area contributed by atoms with E-state index in [1.54, 1.807) is 0 Å². The Kier molecular flexibility index (Phi) is 12.0. The van der Waals surface area contributed by atoms with Crippen molar-refractivity contribution < 1.29 is 14.3 Å². The van der Waals surface area contributed by atoms with Crippen LogP contribution in [0.3, 0.4) is 0 Å². The molecule has 1 rings (SSSR count). The molecule has 0 unspecified atom stereocenters. The van der Waals surface area contributed by atoms with E-state index in [0.717, 1.165) is 12.3 Å². The third-order valence-corrected chi connectivity index (χ3v) is 2.96. The van der Waals surface area contributed by atoms with Crippen molar-refractivity contribution in [2.75, 3.05) is 0 Å². The molecule has 0 aromatic carbocycles. The molecular weight excluding hydrogens is 268 g/mol. The van der Waals surface area contributed by atoms with Gasteiger partial charge in [-0.05, 0) is 18.9 Å². The van der Waals surface area contributed by atoms with Crippen molar-refractivity contribution in [3.63, 3.8) is 0 Å². The molecule has 0 aliphatic rings. The highest BCUT2D eigenvalue weighted by molar-refractivity contribution is 5.86. The second-order valence-electron chi connectivity index (χ2n) is 4.85. The van der Waals surface area contributed by atoms with Gasteiger partial charge in [0.25, 0.3) is 0 Å². The largest absolute Gasteiger partial charge is 0.478 e. The molecule has 118 valence electrons. The summed E-state index contributed by atoms with van der Waals surface area (Å²) in [6, 6.07) is 2.25. The smallest absolute Gasteiger partial charge is 0.338 e. The van der Waals surface area contributed by atoms with E-state index in [1.165, 1.54) is 57.4 Å². The normalized spacial score (nSPS) is 9.57. The third-order valence-electron chi connectivity index (χ3n) is 2.96. The number of hydrogen-bond acceptors (Lipinski definition) is 3. The second kappa shape index (κ2) is 13.2. The summed E-state index contributed by atoms with van der Waals surface area (Å²) in [6.07, 6.45) is 13.9. The van der Waals surface area contributed by atoms with E-state index < -0.39 is 11.6 Å².